The zero-order valence-electron chi connectivity index (χ0n) is 13.4. The zero-order valence-corrected chi connectivity index (χ0v) is 15.0. The third kappa shape index (κ3) is 5.58. The van der Waals surface area contributed by atoms with Gasteiger partial charge >= 0.3 is 12.0 Å². The number of ketones is 1. The largest absolute Gasteiger partial charge is 0.454 e. The topological polar surface area (TPSA) is 98.5 Å². The number of primary amides is 1. The molecule has 1 aromatic heterocycles. The Hall–Kier alpha value is -2.38. The summed E-state index contributed by atoms with van der Waals surface area (Å²) in [6.45, 7) is 1.50. The van der Waals surface area contributed by atoms with Crippen molar-refractivity contribution in [1.29, 1.82) is 0 Å². The van der Waals surface area contributed by atoms with Gasteiger partial charge in [0.05, 0.1) is 12.5 Å². The molecule has 2 amide bonds. The van der Waals surface area contributed by atoms with Crippen LogP contribution in [-0.2, 0) is 9.53 Å². The molecule has 0 saturated carbocycles. The molecule has 1 aromatic carbocycles. The number of carbonyl (C=O) groups is 3. The SMILES string of the molecule is C[C@H](OC(=O)C[C@H](NC(N)=O)c1cccs1)C(=O)c1ccc(Cl)cc1. The number of nitrogens with two attached hydrogens (primary N) is 1. The maximum atomic E-state index is 12.3. The highest BCUT2D eigenvalue weighted by molar-refractivity contribution is 7.10. The van der Waals surface area contributed by atoms with E-state index in [1.807, 2.05) is 5.38 Å². The third-order valence-corrected chi connectivity index (χ3v) is 4.62. The van der Waals surface area contributed by atoms with Gasteiger partial charge in [-0.15, -0.1) is 11.3 Å². The van der Waals surface area contributed by atoms with Gasteiger partial charge in [0.2, 0.25) is 5.78 Å². The van der Waals surface area contributed by atoms with Gasteiger partial charge in [0.1, 0.15) is 0 Å². The summed E-state index contributed by atoms with van der Waals surface area (Å²) in [6.07, 6.45) is -1.08. The molecule has 132 valence electrons. The van der Waals surface area contributed by atoms with Crippen LogP contribution in [0.5, 0.6) is 0 Å². The highest BCUT2D eigenvalue weighted by Crippen LogP contribution is 2.23. The summed E-state index contributed by atoms with van der Waals surface area (Å²) in [5.74, 6) is -0.942. The number of hydrogen-bond acceptors (Lipinski definition) is 5. The fourth-order valence-electron chi connectivity index (χ4n) is 2.20. The minimum Gasteiger partial charge on any atom is -0.454 e. The monoisotopic (exact) mass is 380 g/mol. The second kappa shape index (κ2) is 8.64. The van der Waals surface area contributed by atoms with E-state index in [0.717, 1.165) is 4.88 Å². The summed E-state index contributed by atoms with van der Waals surface area (Å²) < 4.78 is 5.20. The van der Waals surface area contributed by atoms with Gasteiger partial charge in [0.25, 0.3) is 0 Å². The van der Waals surface area contributed by atoms with Gasteiger partial charge in [0, 0.05) is 15.5 Å². The maximum absolute atomic E-state index is 12.3. The predicted octanol–water partition coefficient (Wildman–Crippen LogP) is 3.32. The summed E-state index contributed by atoms with van der Waals surface area (Å²) in [4.78, 5) is 36.3. The fourth-order valence-corrected chi connectivity index (χ4v) is 3.10. The molecule has 2 atom stereocenters. The van der Waals surface area contributed by atoms with Crippen LogP contribution >= 0.6 is 22.9 Å². The highest BCUT2D eigenvalue weighted by Gasteiger charge is 2.23. The molecule has 0 aliphatic carbocycles. The molecule has 0 spiro atoms. The Kier molecular flexibility index (Phi) is 6.55. The van der Waals surface area contributed by atoms with Crippen molar-refractivity contribution in [3.63, 3.8) is 0 Å². The van der Waals surface area contributed by atoms with E-state index >= 15 is 0 Å². The molecule has 0 aliphatic rings. The first kappa shape index (κ1) is 19.0. The molecular weight excluding hydrogens is 364 g/mol. The first-order chi connectivity index (χ1) is 11.9. The number of nitrogens with one attached hydrogen (secondary N) is 1. The van der Waals surface area contributed by atoms with Gasteiger partial charge in [-0.1, -0.05) is 17.7 Å². The zero-order chi connectivity index (χ0) is 18.4. The second-order valence-corrected chi connectivity index (χ2v) is 6.70. The number of halogens is 1. The Morgan fingerprint density at radius 2 is 1.92 bits per heavy atom. The van der Waals surface area contributed by atoms with Crippen LogP contribution in [0.1, 0.15) is 34.6 Å². The molecule has 0 unspecified atom stereocenters. The molecule has 25 heavy (non-hydrogen) atoms. The van der Waals surface area contributed by atoms with Crippen molar-refractivity contribution in [1.82, 2.24) is 5.32 Å². The summed E-state index contributed by atoms with van der Waals surface area (Å²) in [6, 6.07) is 8.56. The van der Waals surface area contributed by atoms with Gasteiger partial charge in [0.15, 0.2) is 6.10 Å². The molecule has 2 rings (SSSR count). The molecule has 2 aromatic rings. The number of hydrogen-bond donors (Lipinski definition) is 2. The van der Waals surface area contributed by atoms with E-state index in [2.05, 4.69) is 5.32 Å². The van der Waals surface area contributed by atoms with Crippen LogP contribution in [-0.4, -0.2) is 23.9 Å². The van der Waals surface area contributed by atoms with Crippen molar-refractivity contribution in [2.75, 3.05) is 0 Å². The first-order valence-corrected chi connectivity index (χ1v) is 8.71. The van der Waals surface area contributed by atoms with E-state index in [0.29, 0.717) is 10.6 Å². The van der Waals surface area contributed by atoms with Gasteiger partial charge in [-0.2, -0.15) is 0 Å². The molecule has 3 N–H and O–H groups in total. The van der Waals surface area contributed by atoms with E-state index in [1.54, 1.807) is 36.4 Å². The smallest absolute Gasteiger partial charge is 0.312 e. The number of rotatable bonds is 7. The Morgan fingerprint density at radius 3 is 2.48 bits per heavy atom. The van der Waals surface area contributed by atoms with E-state index < -0.39 is 24.1 Å². The van der Waals surface area contributed by atoms with Crippen LogP contribution in [0.25, 0.3) is 0 Å². The second-order valence-electron chi connectivity index (χ2n) is 5.28. The Morgan fingerprint density at radius 1 is 1.24 bits per heavy atom. The number of benzene rings is 1. The molecule has 6 nitrogen and oxygen atoms in total. The molecule has 0 saturated heterocycles. The lowest BCUT2D eigenvalue weighted by Crippen LogP contribution is -2.35. The van der Waals surface area contributed by atoms with E-state index in [9.17, 15) is 14.4 Å². The number of thiophene rings is 1. The maximum Gasteiger partial charge on any atom is 0.312 e. The van der Waals surface area contributed by atoms with Gasteiger partial charge in [-0.3, -0.25) is 9.59 Å². The molecule has 0 fully saturated rings. The average Bonchev–Trinajstić information content (AvgIpc) is 3.08. The lowest BCUT2D eigenvalue weighted by Gasteiger charge is -2.17. The Balaban J connectivity index is 1.98. The van der Waals surface area contributed by atoms with Gasteiger partial charge in [-0.05, 0) is 42.6 Å². The van der Waals surface area contributed by atoms with Crippen molar-refractivity contribution in [3.8, 4) is 0 Å². The van der Waals surface area contributed by atoms with Crippen LogP contribution in [0.2, 0.25) is 5.02 Å². The number of urea groups is 1. The minimum absolute atomic E-state index is 0.123. The molecule has 0 radical (unpaired) electrons. The quantitative estimate of drug-likeness (QED) is 0.568. The average molecular weight is 381 g/mol. The summed E-state index contributed by atoms with van der Waals surface area (Å²) in [5, 5.41) is 4.84. The molecule has 0 bridgehead atoms. The van der Waals surface area contributed by atoms with Crippen LogP contribution in [0.15, 0.2) is 41.8 Å². The molecular formula is C17H17ClN2O4S. The minimum atomic E-state index is -0.953. The third-order valence-electron chi connectivity index (χ3n) is 3.38. The number of ether oxygens (including phenoxy) is 1. The fraction of sp³-hybridized carbons (Fsp3) is 0.235. The summed E-state index contributed by atoms with van der Waals surface area (Å²) in [7, 11) is 0. The summed E-state index contributed by atoms with van der Waals surface area (Å²) in [5.41, 5.74) is 5.55. The van der Waals surface area contributed by atoms with E-state index in [4.69, 9.17) is 22.1 Å². The number of amides is 2. The number of esters is 1. The van der Waals surface area contributed by atoms with Crippen LogP contribution in [0.4, 0.5) is 4.79 Å². The highest BCUT2D eigenvalue weighted by atomic mass is 35.5. The lowest BCUT2D eigenvalue weighted by atomic mass is 10.1. The van der Waals surface area contributed by atoms with Crippen molar-refractivity contribution in [2.45, 2.75) is 25.5 Å². The Labute approximate surface area is 153 Å². The van der Waals surface area contributed by atoms with Crippen molar-refractivity contribution in [3.05, 3.63) is 57.2 Å². The van der Waals surface area contributed by atoms with Gasteiger partial charge in [-0.25, -0.2) is 4.79 Å². The predicted molar refractivity (Wildman–Crippen MR) is 95.7 cm³/mol. The normalized spacial score (nSPS) is 12.9. The molecule has 0 aliphatic heterocycles. The Bertz CT molecular complexity index is 747. The summed E-state index contributed by atoms with van der Waals surface area (Å²) >= 11 is 7.17. The van der Waals surface area contributed by atoms with Crippen LogP contribution in [0.3, 0.4) is 0 Å². The number of carbonyl (C=O) groups excluding carboxylic acids is 3. The molecule has 1 heterocycles. The van der Waals surface area contributed by atoms with Crippen molar-refractivity contribution < 1.29 is 19.1 Å². The first-order valence-electron chi connectivity index (χ1n) is 7.45. The van der Waals surface area contributed by atoms with Crippen molar-refractivity contribution >= 4 is 40.7 Å². The van der Waals surface area contributed by atoms with Crippen LogP contribution in [0, 0.1) is 0 Å². The standard InChI is InChI=1S/C17H17ClN2O4S/c1-10(16(22)11-4-6-12(18)7-5-11)24-15(21)9-13(20-17(19)23)14-3-2-8-25-14/h2-8,10,13H,9H2,1H3,(H3,19,20,23)/t10-,13-/m0/s1. The molecule has 8 heteroatoms. The lowest BCUT2D eigenvalue weighted by molar-refractivity contribution is -0.146. The van der Waals surface area contributed by atoms with Crippen LogP contribution < -0.4 is 11.1 Å². The van der Waals surface area contributed by atoms with E-state index in [1.165, 1.54) is 18.3 Å². The van der Waals surface area contributed by atoms with Gasteiger partial charge < -0.3 is 15.8 Å². The number of Topliss-reactive ketones (excluding diaryl/α,β-unsaturated/α-hetero) is 1. The van der Waals surface area contributed by atoms with Crippen molar-refractivity contribution in [2.24, 2.45) is 5.73 Å². The van der Waals surface area contributed by atoms with E-state index in [-0.39, 0.29) is 12.2 Å².